The summed E-state index contributed by atoms with van der Waals surface area (Å²) >= 11 is 0. The second kappa shape index (κ2) is 6.78. The number of nitrogens with one attached hydrogen (secondary N) is 2. The van der Waals surface area contributed by atoms with Crippen LogP contribution in [0.2, 0.25) is 0 Å². The van der Waals surface area contributed by atoms with Crippen LogP contribution in [0.5, 0.6) is 0 Å². The summed E-state index contributed by atoms with van der Waals surface area (Å²) in [5.41, 5.74) is 0.848. The van der Waals surface area contributed by atoms with Crippen molar-refractivity contribution in [2.45, 2.75) is 13.3 Å². The third-order valence-electron chi connectivity index (χ3n) is 2.81. The molecule has 0 radical (unpaired) electrons. The lowest BCUT2D eigenvalue weighted by Crippen LogP contribution is -2.16. The zero-order valence-corrected chi connectivity index (χ0v) is 11.5. The maximum absolute atomic E-state index is 13.5. The lowest BCUT2D eigenvalue weighted by Gasteiger charge is -2.11. The Balaban J connectivity index is 2.20. The van der Waals surface area contributed by atoms with Crippen LogP contribution in [-0.4, -0.2) is 17.4 Å². The Labute approximate surface area is 121 Å². The number of hydrogen-bond acceptors (Lipinski definition) is 3. The summed E-state index contributed by atoms with van der Waals surface area (Å²) < 4.78 is 26.4. The first-order valence-electron chi connectivity index (χ1n) is 6.56. The first kappa shape index (κ1) is 14.9. The van der Waals surface area contributed by atoms with E-state index in [4.69, 9.17) is 0 Å². The fraction of sp³-hybridized carbons (Fsp3) is 0.200. The number of amides is 1. The Hall–Kier alpha value is -2.50. The molecule has 1 aromatic heterocycles. The van der Waals surface area contributed by atoms with Gasteiger partial charge in [0.25, 0.3) is 5.91 Å². The molecule has 1 amide bonds. The fourth-order valence-electron chi connectivity index (χ4n) is 1.77. The Morgan fingerprint density at radius 2 is 2.05 bits per heavy atom. The van der Waals surface area contributed by atoms with Gasteiger partial charge in [-0.05, 0) is 24.6 Å². The van der Waals surface area contributed by atoms with E-state index in [0.717, 1.165) is 18.6 Å². The smallest absolute Gasteiger partial charge is 0.257 e. The van der Waals surface area contributed by atoms with Gasteiger partial charge in [0.1, 0.15) is 11.6 Å². The third-order valence-corrected chi connectivity index (χ3v) is 2.81. The van der Waals surface area contributed by atoms with Gasteiger partial charge < -0.3 is 10.6 Å². The highest BCUT2D eigenvalue weighted by Gasteiger charge is 2.13. The Kier molecular flexibility index (Phi) is 4.81. The highest BCUT2D eigenvalue weighted by molar-refractivity contribution is 6.07. The van der Waals surface area contributed by atoms with Crippen molar-refractivity contribution in [3.63, 3.8) is 0 Å². The molecule has 2 N–H and O–H groups in total. The summed E-state index contributed by atoms with van der Waals surface area (Å²) in [7, 11) is 0. The van der Waals surface area contributed by atoms with Crippen LogP contribution in [0.1, 0.15) is 23.7 Å². The molecule has 0 aliphatic heterocycles. The van der Waals surface area contributed by atoms with Gasteiger partial charge in [-0.1, -0.05) is 6.92 Å². The Bertz CT molecular complexity index is 647. The molecule has 1 aromatic carbocycles. The summed E-state index contributed by atoms with van der Waals surface area (Å²) in [5.74, 6) is -2.00. The first-order chi connectivity index (χ1) is 10.1. The van der Waals surface area contributed by atoms with Crippen molar-refractivity contribution in [3.8, 4) is 0 Å². The molecule has 21 heavy (non-hydrogen) atoms. The van der Waals surface area contributed by atoms with E-state index in [1.165, 1.54) is 24.5 Å². The van der Waals surface area contributed by atoms with E-state index in [2.05, 4.69) is 15.6 Å². The summed E-state index contributed by atoms with van der Waals surface area (Å²) in [6, 6.07) is 4.53. The molecule has 2 aromatic rings. The molecule has 0 spiro atoms. The number of halogens is 2. The number of benzene rings is 1. The average Bonchev–Trinajstić information content (AvgIpc) is 2.48. The predicted octanol–water partition coefficient (Wildman–Crippen LogP) is 3.43. The van der Waals surface area contributed by atoms with Crippen molar-refractivity contribution < 1.29 is 13.6 Å². The SMILES string of the molecule is CCCNc1cnccc1C(=O)Nc1ccc(F)cc1F. The van der Waals surface area contributed by atoms with Gasteiger partial charge >= 0.3 is 0 Å². The van der Waals surface area contributed by atoms with E-state index >= 15 is 0 Å². The number of rotatable bonds is 5. The molecule has 0 aliphatic rings. The standard InChI is InChI=1S/C15H15F2N3O/c1-2-6-19-14-9-18-7-5-11(14)15(21)20-13-4-3-10(16)8-12(13)17/h3-5,7-9,19H,2,6H2,1H3,(H,20,21). The number of carbonyl (C=O) groups excluding carboxylic acids is 1. The summed E-state index contributed by atoms with van der Waals surface area (Å²) in [5, 5.41) is 5.50. The maximum Gasteiger partial charge on any atom is 0.257 e. The van der Waals surface area contributed by atoms with Gasteiger partial charge in [0, 0.05) is 18.8 Å². The first-order valence-corrected chi connectivity index (χ1v) is 6.56. The van der Waals surface area contributed by atoms with Gasteiger partial charge in [-0.15, -0.1) is 0 Å². The van der Waals surface area contributed by atoms with Crippen LogP contribution in [0, 0.1) is 11.6 Å². The summed E-state index contributed by atoms with van der Waals surface area (Å²) in [6.07, 6.45) is 3.90. The second-order valence-corrected chi connectivity index (χ2v) is 4.43. The van der Waals surface area contributed by atoms with Crippen molar-refractivity contribution in [1.82, 2.24) is 4.98 Å². The van der Waals surface area contributed by atoms with Crippen LogP contribution in [-0.2, 0) is 0 Å². The van der Waals surface area contributed by atoms with Crippen molar-refractivity contribution in [2.75, 3.05) is 17.2 Å². The minimum absolute atomic E-state index is 0.0698. The van der Waals surface area contributed by atoms with Crippen LogP contribution in [0.15, 0.2) is 36.7 Å². The molecule has 4 nitrogen and oxygen atoms in total. The molecule has 0 fully saturated rings. The number of pyridine rings is 1. The quantitative estimate of drug-likeness (QED) is 0.887. The Morgan fingerprint density at radius 3 is 2.76 bits per heavy atom. The molecule has 0 saturated carbocycles. The van der Waals surface area contributed by atoms with Crippen LogP contribution >= 0.6 is 0 Å². The molecule has 0 saturated heterocycles. The number of carbonyl (C=O) groups is 1. The molecular formula is C15H15F2N3O. The van der Waals surface area contributed by atoms with E-state index in [9.17, 15) is 13.6 Å². The molecule has 0 unspecified atom stereocenters. The molecular weight excluding hydrogens is 276 g/mol. The molecule has 2 rings (SSSR count). The minimum Gasteiger partial charge on any atom is -0.383 e. The van der Waals surface area contributed by atoms with Crippen LogP contribution in [0.3, 0.4) is 0 Å². The number of hydrogen-bond donors (Lipinski definition) is 2. The minimum atomic E-state index is -0.819. The van der Waals surface area contributed by atoms with Gasteiger partial charge in [-0.3, -0.25) is 9.78 Å². The normalized spacial score (nSPS) is 10.2. The molecule has 0 bridgehead atoms. The van der Waals surface area contributed by atoms with E-state index in [1.54, 1.807) is 0 Å². The number of nitrogens with zero attached hydrogens (tertiary/aromatic N) is 1. The van der Waals surface area contributed by atoms with Crippen molar-refractivity contribution in [2.24, 2.45) is 0 Å². The molecule has 1 heterocycles. The van der Waals surface area contributed by atoms with Crippen LogP contribution in [0.4, 0.5) is 20.2 Å². The van der Waals surface area contributed by atoms with Gasteiger partial charge in [0.05, 0.1) is 23.1 Å². The largest absolute Gasteiger partial charge is 0.383 e. The predicted molar refractivity (Wildman–Crippen MR) is 77.3 cm³/mol. The number of aromatic nitrogens is 1. The van der Waals surface area contributed by atoms with E-state index < -0.39 is 17.5 Å². The van der Waals surface area contributed by atoms with Crippen molar-refractivity contribution >= 4 is 17.3 Å². The zero-order chi connectivity index (χ0) is 15.2. The zero-order valence-electron chi connectivity index (χ0n) is 11.5. The van der Waals surface area contributed by atoms with E-state index in [0.29, 0.717) is 17.8 Å². The molecule has 0 aliphatic carbocycles. The van der Waals surface area contributed by atoms with E-state index in [-0.39, 0.29) is 5.69 Å². The maximum atomic E-state index is 13.5. The second-order valence-electron chi connectivity index (χ2n) is 4.43. The van der Waals surface area contributed by atoms with Crippen molar-refractivity contribution in [3.05, 3.63) is 53.9 Å². The molecule has 6 heteroatoms. The van der Waals surface area contributed by atoms with Gasteiger partial charge in [0.2, 0.25) is 0 Å². The third kappa shape index (κ3) is 3.75. The lowest BCUT2D eigenvalue weighted by molar-refractivity contribution is 0.102. The van der Waals surface area contributed by atoms with Gasteiger partial charge in [-0.25, -0.2) is 8.78 Å². The van der Waals surface area contributed by atoms with Crippen LogP contribution in [0.25, 0.3) is 0 Å². The van der Waals surface area contributed by atoms with Gasteiger partial charge in [-0.2, -0.15) is 0 Å². The topological polar surface area (TPSA) is 54.0 Å². The monoisotopic (exact) mass is 291 g/mol. The summed E-state index contributed by atoms with van der Waals surface area (Å²) in [4.78, 5) is 16.1. The van der Waals surface area contributed by atoms with Gasteiger partial charge in [0.15, 0.2) is 0 Å². The number of anilines is 2. The Morgan fingerprint density at radius 1 is 1.24 bits per heavy atom. The summed E-state index contributed by atoms with van der Waals surface area (Å²) in [6.45, 7) is 2.69. The lowest BCUT2D eigenvalue weighted by atomic mass is 10.2. The average molecular weight is 291 g/mol. The van der Waals surface area contributed by atoms with Crippen LogP contribution < -0.4 is 10.6 Å². The van der Waals surface area contributed by atoms with E-state index in [1.807, 2.05) is 6.92 Å². The highest BCUT2D eigenvalue weighted by atomic mass is 19.1. The van der Waals surface area contributed by atoms with Crippen molar-refractivity contribution in [1.29, 1.82) is 0 Å². The highest BCUT2D eigenvalue weighted by Crippen LogP contribution is 2.19. The molecule has 110 valence electrons. The molecule has 0 atom stereocenters. The fourth-order valence-corrected chi connectivity index (χ4v) is 1.77.